The first-order chi connectivity index (χ1) is 12.1. The van der Waals surface area contributed by atoms with E-state index >= 15 is 0 Å². The number of hydrazine groups is 1. The first kappa shape index (κ1) is 18.3. The second-order valence-electron chi connectivity index (χ2n) is 7.03. The molecular formula is C18H28N4O3. The Bertz CT molecular complexity index is 557. The van der Waals surface area contributed by atoms with Gasteiger partial charge in [0.15, 0.2) is 0 Å². The molecule has 1 aromatic rings. The van der Waals surface area contributed by atoms with Crippen molar-refractivity contribution in [1.29, 1.82) is 0 Å². The van der Waals surface area contributed by atoms with Crippen molar-refractivity contribution in [2.45, 2.75) is 18.6 Å². The second kappa shape index (κ2) is 8.73. The van der Waals surface area contributed by atoms with Gasteiger partial charge in [0.05, 0.1) is 18.6 Å². The summed E-state index contributed by atoms with van der Waals surface area (Å²) in [6.07, 6.45) is -0.312. The average molecular weight is 348 g/mol. The molecule has 2 fully saturated rings. The van der Waals surface area contributed by atoms with E-state index < -0.39 is 12.1 Å². The molecule has 0 aliphatic carbocycles. The summed E-state index contributed by atoms with van der Waals surface area (Å²) in [7, 11) is 0. The largest absolute Gasteiger partial charge is 0.481 e. The highest BCUT2D eigenvalue weighted by molar-refractivity contribution is 5.66. The van der Waals surface area contributed by atoms with Crippen LogP contribution in [0.25, 0.3) is 0 Å². The molecular weight excluding hydrogens is 320 g/mol. The molecule has 3 unspecified atom stereocenters. The number of hydrogen-bond acceptors (Lipinski definition) is 6. The summed E-state index contributed by atoms with van der Waals surface area (Å²) in [5.74, 6) is -0.357. The minimum absolute atomic E-state index is 0.124. The van der Waals surface area contributed by atoms with Crippen LogP contribution in [-0.2, 0) is 4.79 Å². The van der Waals surface area contributed by atoms with Crippen molar-refractivity contribution < 1.29 is 15.0 Å². The van der Waals surface area contributed by atoms with Gasteiger partial charge in [-0.1, -0.05) is 30.3 Å². The SMILES string of the molecule is O=C(O)CCN1CCN(CC2CNNC2c2ccccc2)CC(O)C1. The van der Waals surface area contributed by atoms with Gasteiger partial charge in [-0.05, 0) is 5.56 Å². The van der Waals surface area contributed by atoms with Crippen molar-refractivity contribution in [1.82, 2.24) is 20.7 Å². The van der Waals surface area contributed by atoms with Crippen molar-refractivity contribution in [2.75, 3.05) is 45.8 Å². The zero-order chi connectivity index (χ0) is 17.6. The lowest BCUT2D eigenvalue weighted by atomic mass is 9.94. The van der Waals surface area contributed by atoms with Crippen LogP contribution in [0.5, 0.6) is 0 Å². The minimum atomic E-state index is -0.788. The predicted molar refractivity (Wildman–Crippen MR) is 95.0 cm³/mol. The molecule has 1 aromatic carbocycles. The molecule has 0 spiro atoms. The first-order valence-corrected chi connectivity index (χ1v) is 8.99. The highest BCUT2D eigenvalue weighted by Gasteiger charge is 2.31. The molecule has 4 N–H and O–H groups in total. The van der Waals surface area contributed by atoms with E-state index in [1.54, 1.807) is 0 Å². The van der Waals surface area contributed by atoms with Gasteiger partial charge in [0.1, 0.15) is 0 Å². The summed E-state index contributed by atoms with van der Waals surface area (Å²) in [5.41, 5.74) is 7.90. The molecule has 0 saturated carbocycles. The van der Waals surface area contributed by atoms with Crippen LogP contribution in [-0.4, -0.2) is 77.9 Å². The van der Waals surface area contributed by atoms with E-state index in [-0.39, 0.29) is 12.5 Å². The lowest BCUT2D eigenvalue weighted by Gasteiger charge is -2.27. The molecule has 2 saturated heterocycles. The maximum absolute atomic E-state index is 10.8. The van der Waals surface area contributed by atoms with Crippen LogP contribution >= 0.6 is 0 Å². The average Bonchev–Trinajstić information content (AvgIpc) is 2.97. The third-order valence-corrected chi connectivity index (χ3v) is 5.06. The van der Waals surface area contributed by atoms with E-state index in [0.717, 1.165) is 26.2 Å². The smallest absolute Gasteiger partial charge is 0.304 e. The van der Waals surface area contributed by atoms with Crippen LogP contribution < -0.4 is 10.9 Å². The molecule has 0 radical (unpaired) electrons. The van der Waals surface area contributed by atoms with E-state index in [9.17, 15) is 9.90 Å². The van der Waals surface area contributed by atoms with Crippen molar-refractivity contribution in [3.8, 4) is 0 Å². The lowest BCUT2D eigenvalue weighted by Crippen LogP contribution is -2.38. The van der Waals surface area contributed by atoms with Crippen molar-refractivity contribution in [3.63, 3.8) is 0 Å². The third kappa shape index (κ3) is 5.23. The third-order valence-electron chi connectivity index (χ3n) is 5.06. The summed E-state index contributed by atoms with van der Waals surface area (Å²) in [5, 5.41) is 19.1. The number of aliphatic hydroxyl groups excluding tert-OH is 1. The van der Waals surface area contributed by atoms with Gasteiger partial charge in [0, 0.05) is 51.7 Å². The lowest BCUT2D eigenvalue weighted by molar-refractivity contribution is -0.137. The zero-order valence-electron chi connectivity index (χ0n) is 14.5. The van der Waals surface area contributed by atoms with Gasteiger partial charge in [-0.3, -0.25) is 20.0 Å². The Morgan fingerprint density at radius 3 is 2.64 bits per heavy atom. The molecule has 0 aromatic heterocycles. The van der Waals surface area contributed by atoms with E-state index in [2.05, 4.69) is 44.9 Å². The van der Waals surface area contributed by atoms with Gasteiger partial charge in [0.25, 0.3) is 0 Å². The fourth-order valence-electron chi connectivity index (χ4n) is 3.80. The summed E-state index contributed by atoms with van der Waals surface area (Å²) >= 11 is 0. The zero-order valence-corrected chi connectivity index (χ0v) is 14.5. The van der Waals surface area contributed by atoms with Crippen molar-refractivity contribution in [2.24, 2.45) is 5.92 Å². The summed E-state index contributed by atoms with van der Waals surface area (Å²) in [6, 6.07) is 10.7. The highest BCUT2D eigenvalue weighted by Crippen LogP contribution is 2.25. The standard InChI is InChI=1S/C18H28N4O3/c23-16-12-21(7-6-17(24)25)8-9-22(13-16)11-15-10-19-20-18(15)14-4-2-1-3-5-14/h1-5,15-16,18-20,23H,6-13H2,(H,24,25). The van der Waals surface area contributed by atoms with Crippen LogP contribution in [0.4, 0.5) is 0 Å². The summed E-state index contributed by atoms with van der Waals surface area (Å²) in [6.45, 7) is 5.15. The monoisotopic (exact) mass is 348 g/mol. The summed E-state index contributed by atoms with van der Waals surface area (Å²) < 4.78 is 0. The molecule has 2 aliphatic heterocycles. The van der Waals surface area contributed by atoms with Crippen LogP contribution in [0.3, 0.4) is 0 Å². The van der Waals surface area contributed by atoms with E-state index in [0.29, 0.717) is 25.6 Å². The van der Waals surface area contributed by atoms with Gasteiger partial charge in [-0.15, -0.1) is 0 Å². The number of hydrogen-bond donors (Lipinski definition) is 4. The number of β-amino-alcohol motifs (C(OH)–C–C–N with tert-alkyl or cyclic N) is 1. The van der Waals surface area contributed by atoms with E-state index in [1.165, 1.54) is 5.56 Å². The summed E-state index contributed by atoms with van der Waals surface area (Å²) in [4.78, 5) is 15.1. The fraction of sp³-hybridized carbons (Fsp3) is 0.611. The number of aliphatic carboxylic acids is 1. The minimum Gasteiger partial charge on any atom is -0.481 e. The van der Waals surface area contributed by atoms with Gasteiger partial charge in [-0.2, -0.15) is 0 Å². The van der Waals surface area contributed by atoms with Crippen LogP contribution in [0, 0.1) is 5.92 Å². The molecule has 3 atom stereocenters. The highest BCUT2D eigenvalue weighted by atomic mass is 16.4. The molecule has 25 heavy (non-hydrogen) atoms. The quantitative estimate of drug-likeness (QED) is 0.571. The number of aliphatic hydroxyl groups is 1. The molecule has 7 heteroatoms. The number of carbonyl (C=O) groups is 1. The normalized spacial score (nSPS) is 28.8. The maximum Gasteiger partial charge on any atom is 0.304 e. The number of carboxylic acids is 1. The van der Waals surface area contributed by atoms with E-state index in [4.69, 9.17) is 5.11 Å². The molecule has 2 heterocycles. The van der Waals surface area contributed by atoms with Crippen molar-refractivity contribution in [3.05, 3.63) is 35.9 Å². The molecule has 0 amide bonds. The van der Waals surface area contributed by atoms with Gasteiger partial charge < -0.3 is 10.2 Å². The molecule has 7 nitrogen and oxygen atoms in total. The number of rotatable bonds is 6. The Kier molecular flexibility index (Phi) is 6.39. The Balaban J connectivity index is 1.56. The van der Waals surface area contributed by atoms with Gasteiger partial charge >= 0.3 is 5.97 Å². The number of carboxylic acid groups (broad SMARTS) is 1. The fourth-order valence-corrected chi connectivity index (χ4v) is 3.80. The van der Waals surface area contributed by atoms with Gasteiger partial charge in [0.2, 0.25) is 0 Å². The second-order valence-corrected chi connectivity index (χ2v) is 7.03. The van der Waals surface area contributed by atoms with Crippen LogP contribution in [0.1, 0.15) is 18.0 Å². The van der Waals surface area contributed by atoms with Gasteiger partial charge in [-0.25, -0.2) is 5.43 Å². The Morgan fingerprint density at radius 2 is 1.88 bits per heavy atom. The first-order valence-electron chi connectivity index (χ1n) is 8.99. The Hall–Kier alpha value is -1.51. The molecule has 3 rings (SSSR count). The Morgan fingerprint density at radius 1 is 1.16 bits per heavy atom. The molecule has 2 aliphatic rings. The molecule has 138 valence electrons. The number of nitrogens with zero attached hydrogens (tertiary/aromatic N) is 2. The number of benzene rings is 1. The van der Waals surface area contributed by atoms with Crippen LogP contribution in [0.15, 0.2) is 30.3 Å². The van der Waals surface area contributed by atoms with E-state index in [1.807, 2.05) is 6.07 Å². The topological polar surface area (TPSA) is 88.1 Å². The van der Waals surface area contributed by atoms with Crippen LogP contribution in [0.2, 0.25) is 0 Å². The predicted octanol–water partition coefficient (Wildman–Crippen LogP) is -0.0951. The number of nitrogens with one attached hydrogen (secondary N) is 2. The molecule has 0 bridgehead atoms. The maximum atomic E-state index is 10.8. The van der Waals surface area contributed by atoms with Crippen molar-refractivity contribution >= 4 is 5.97 Å². The Labute approximate surface area is 148 Å².